The van der Waals surface area contributed by atoms with Gasteiger partial charge in [0.2, 0.25) is 0 Å². The van der Waals surface area contributed by atoms with Crippen LogP contribution in [0.25, 0.3) is 33.3 Å². The summed E-state index contributed by atoms with van der Waals surface area (Å²) in [5, 5.41) is 10.8. The molecule has 0 bridgehead atoms. The van der Waals surface area contributed by atoms with Crippen molar-refractivity contribution in [2.45, 2.75) is 0 Å². The second kappa shape index (κ2) is 5.58. The lowest BCUT2D eigenvalue weighted by atomic mass is 9.98. The Balaban J connectivity index is 2.03. The lowest BCUT2D eigenvalue weighted by Crippen LogP contribution is -1.89. The van der Waals surface area contributed by atoms with Gasteiger partial charge in [0, 0.05) is 17.0 Å². The van der Waals surface area contributed by atoms with E-state index in [1.165, 1.54) is 0 Å². The number of hydrogen-bond acceptors (Lipinski definition) is 2. The van der Waals surface area contributed by atoms with Gasteiger partial charge in [-0.15, -0.1) is 0 Å². The summed E-state index contributed by atoms with van der Waals surface area (Å²) in [6, 6.07) is 27.8. The van der Waals surface area contributed by atoms with Gasteiger partial charge >= 0.3 is 0 Å². The fourth-order valence-electron chi connectivity index (χ4n) is 2.83. The molecule has 1 N–H and O–H groups in total. The van der Waals surface area contributed by atoms with Crippen LogP contribution in [0.1, 0.15) is 0 Å². The number of aromatic hydroxyl groups is 1. The van der Waals surface area contributed by atoms with Crippen molar-refractivity contribution >= 4 is 10.9 Å². The lowest BCUT2D eigenvalue weighted by Gasteiger charge is -2.10. The van der Waals surface area contributed by atoms with Crippen molar-refractivity contribution in [1.29, 1.82) is 0 Å². The fraction of sp³-hybridized carbons (Fsp3) is 0. The second-order valence-electron chi connectivity index (χ2n) is 5.49. The van der Waals surface area contributed by atoms with Crippen LogP contribution in [0.2, 0.25) is 0 Å². The Morgan fingerprint density at radius 1 is 0.652 bits per heavy atom. The van der Waals surface area contributed by atoms with Crippen LogP contribution in [0.5, 0.6) is 5.75 Å². The Morgan fingerprint density at radius 3 is 2.00 bits per heavy atom. The third-order valence-electron chi connectivity index (χ3n) is 3.95. The highest BCUT2D eigenvalue weighted by molar-refractivity contribution is 5.97. The highest BCUT2D eigenvalue weighted by Gasteiger charge is 2.09. The van der Waals surface area contributed by atoms with Gasteiger partial charge in [-0.05, 0) is 29.3 Å². The highest BCUT2D eigenvalue weighted by Crippen LogP contribution is 2.33. The van der Waals surface area contributed by atoms with Crippen LogP contribution in [0, 0.1) is 0 Å². The zero-order valence-corrected chi connectivity index (χ0v) is 12.5. The van der Waals surface area contributed by atoms with E-state index in [9.17, 15) is 5.11 Å². The molecule has 2 nitrogen and oxygen atoms in total. The van der Waals surface area contributed by atoms with Crippen LogP contribution < -0.4 is 0 Å². The summed E-state index contributed by atoms with van der Waals surface area (Å²) in [5.74, 6) is 0.231. The van der Waals surface area contributed by atoms with Gasteiger partial charge in [-0.3, -0.25) is 0 Å². The lowest BCUT2D eigenvalue weighted by molar-refractivity contribution is 0.476. The fourth-order valence-corrected chi connectivity index (χ4v) is 2.83. The predicted octanol–water partition coefficient (Wildman–Crippen LogP) is 5.27. The monoisotopic (exact) mass is 297 g/mol. The number of aromatic nitrogens is 1. The molecule has 4 aromatic rings. The summed E-state index contributed by atoms with van der Waals surface area (Å²) in [7, 11) is 0. The molecule has 0 fully saturated rings. The number of nitrogens with zero attached hydrogens (tertiary/aromatic N) is 1. The number of fused-ring (bicyclic) bond motifs is 1. The van der Waals surface area contributed by atoms with Crippen LogP contribution in [0.3, 0.4) is 0 Å². The van der Waals surface area contributed by atoms with E-state index < -0.39 is 0 Å². The van der Waals surface area contributed by atoms with Gasteiger partial charge in [0.25, 0.3) is 0 Å². The Bertz CT molecular complexity index is 963. The summed E-state index contributed by atoms with van der Waals surface area (Å²) in [6.07, 6.45) is 0. The number of rotatable bonds is 2. The third kappa shape index (κ3) is 2.55. The first-order valence-corrected chi connectivity index (χ1v) is 7.56. The molecule has 0 amide bonds. The average Bonchev–Trinajstić information content (AvgIpc) is 2.62. The van der Waals surface area contributed by atoms with Crippen LogP contribution in [-0.2, 0) is 0 Å². The Hall–Kier alpha value is -3.13. The molecule has 4 rings (SSSR count). The molecule has 0 atom stereocenters. The number of hydrogen-bond donors (Lipinski definition) is 1. The van der Waals surface area contributed by atoms with E-state index in [1.807, 2.05) is 54.6 Å². The van der Waals surface area contributed by atoms with Crippen LogP contribution in [0.15, 0.2) is 84.9 Å². The van der Waals surface area contributed by atoms with E-state index >= 15 is 0 Å². The normalized spacial score (nSPS) is 10.8. The number of pyridine rings is 1. The summed E-state index contributed by atoms with van der Waals surface area (Å²) in [5.41, 5.74) is 5.03. The summed E-state index contributed by atoms with van der Waals surface area (Å²) >= 11 is 0. The van der Waals surface area contributed by atoms with Gasteiger partial charge in [-0.25, -0.2) is 4.98 Å². The van der Waals surface area contributed by atoms with Crippen molar-refractivity contribution in [1.82, 2.24) is 4.98 Å². The Labute approximate surface area is 134 Å². The van der Waals surface area contributed by atoms with Gasteiger partial charge < -0.3 is 5.11 Å². The molecule has 1 heterocycles. The number of phenols is 1. The number of benzene rings is 3. The first-order valence-electron chi connectivity index (χ1n) is 7.56. The zero-order valence-electron chi connectivity index (χ0n) is 12.5. The summed E-state index contributed by atoms with van der Waals surface area (Å²) < 4.78 is 0. The molecule has 0 saturated heterocycles. The topological polar surface area (TPSA) is 33.1 Å². The molecule has 2 heteroatoms. The highest BCUT2D eigenvalue weighted by atomic mass is 16.3. The largest absolute Gasteiger partial charge is 0.508 e. The molecule has 0 spiro atoms. The van der Waals surface area contributed by atoms with E-state index in [0.717, 1.165) is 33.3 Å². The van der Waals surface area contributed by atoms with Gasteiger partial charge in [0.05, 0.1) is 11.2 Å². The maximum Gasteiger partial charge on any atom is 0.117 e. The number of phenolic OH excluding ortho intramolecular Hbond substituents is 1. The SMILES string of the molecule is Oc1ccc2c(-c3ccccc3)cc(-c3ccccc3)nc2c1. The van der Waals surface area contributed by atoms with Crippen LogP contribution >= 0.6 is 0 Å². The molecule has 0 aliphatic heterocycles. The molecule has 3 aromatic carbocycles. The standard InChI is InChI=1S/C21H15NO/c23-17-11-12-18-19(15-7-3-1-4-8-15)14-20(22-21(18)13-17)16-9-5-2-6-10-16/h1-14,23H. The minimum absolute atomic E-state index is 0.231. The molecular weight excluding hydrogens is 282 g/mol. The molecule has 0 aliphatic carbocycles. The first-order chi connectivity index (χ1) is 11.3. The Kier molecular flexibility index (Phi) is 3.28. The van der Waals surface area contributed by atoms with Crippen molar-refractivity contribution in [3.05, 3.63) is 84.9 Å². The average molecular weight is 297 g/mol. The van der Waals surface area contributed by atoms with E-state index in [4.69, 9.17) is 4.98 Å². The van der Waals surface area contributed by atoms with Crippen molar-refractivity contribution in [3.63, 3.8) is 0 Å². The Morgan fingerprint density at radius 2 is 1.30 bits per heavy atom. The third-order valence-corrected chi connectivity index (χ3v) is 3.95. The molecule has 23 heavy (non-hydrogen) atoms. The molecule has 0 radical (unpaired) electrons. The van der Waals surface area contributed by atoms with Crippen LogP contribution in [0.4, 0.5) is 0 Å². The van der Waals surface area contributed by atoms with E-state index in [0.29, 0.717) is 0 Å². The molecule has 0 unspecified atom stereocenters. The van der Waals surface area contributed by atoms with Crippen molar-refractivity contribution in [3.8, 4) is 28.1 Å². The smallest absolute Gasteiger partial charge is 0.117 e. The van der Waals surface area contributed by atoms with Crippen molar-refractivity contribution < 1.29 is 5.11 Å². The molecule has 110 valence electrons. The second-order valence-corrected chi connectivity index (χ2v) is 5.49. The van der Waals surface area contributed by atoms with Crippen LogP contribution in [-0.4, -0.2) is 10.1 Å². The maximum absolute atomic E-state index is 9.81. The van der Waals surface area contributed by atoms with Crippen molar-refractivity contribution in [2.75, 3.05) is 0 Å². The first kappa shape index (κ1) is 13.5. The van der Waals surface area contributed by atoms with E-state index in [2.05, 4.69) is 18.2 Å². The molecule has 0 saturated carbocycles. The summed E-state index contributed by atoms with van der Waals surface area (Å²) in [6.45, 7) is 0. The quantitative estimate of drug-likeness (QED) is 0.546. The molecule has 0 aliphatic rings. The minimum atomic E-state index is 0.231. The minimum Gasteiger partial charge on any atom is -0.508 e. The van der Waals surface area contributed by atoms with E-state index in [1.54, 1.807) is 12.1 Å². The van der Waals surface area contributed by atoms with E-state index in [-0.39, 0.29) is 5.75 Å². The van der Waals surface area contributed by atoms with Gasteiger partial charge in [-0.2, -0.15) is 0 Å². The zero-order chi connectivity index (χ0) is 15.6. The predicted molar refractivity (Wildman–Crippen MR) is 94.3 cm³/mol. The van der Waals surface area contributed by atoms with Gasteiger partial charge in [0.1, 0.15) is 5.75 Å². The molecular formula is C21H15NO. The van der Waals surface area contributed by atoms with Crippen molar-refractivity contribution in [2.24, 2.45) is 0 Å². The maximum atomic E-state index is 9.81. The van der Waals surface area contributed by atoms with Gasteiger partial charge in [-0.1, -0.05) is 60.7 Å². The summed E-state index contributed by atoms with van der Waals surface area (Å²) in [4.78, 5) is 4.73. The van der Waals surface area contributed by atoms with Gasteiger partial charge in [0.15, 0.2) is 0 Å². The molecule has 1 aromatic heterocycles.